The van der Waals surface area contributed by atoms with Gasteiger partial charge in [0.15, 0.2) is 6.04 Å². The van der Waals surface area contributed by atoms with Crippen LogP contribution in [0.1, 0.15) is 66.8 Å². The van der Waals surface area contributed by atoms with Gasteiger partial charge in [-0.25, -0.2) is 19.8 Å². The number of carboxylic acids is 2. The van der Waals surface area contributed by atoms with E-state index in [1.165, 1.54) is 0 Å². The number of carbonyl (C=O) groups excluding carboxylic acids is 2. The molecular weight excluding hydrogens is 953 g/mol. The van der Waals surface area contributed by atoms with Gasteiger partial charge in [-0.15, -0.1) is 0 Å². The van der Waals surface area contributed by atoms with Gasteiger partial charge in [0.2, 0.25) is 0 Å². The summed E-state index contributed by atoms with van der Waals surface area (Å²) >= 11 is 0. The lowest BCUT2D eigenvalue weighted by Crippen LogP contribution is -2.56. The first-order valence-corrected chi connectivity index (χ1v) is 22.0. The number of amidine groups is 1. The molecule has 0 saturated carbocycles. The van der Waals surface area contributed by atoms with E-state index in [1.54, 1.807) is 129 Å². The van der Waals surface area contributed by atoms with Crippen LogP contribution in [0.2, 0.25) is 0 Å². The Morgan fingerprint density at radius 2 is 1.03 bits per heavy atom. The molecule has 2 atom stereocenters. The van der Waals surface area contributed by atoms with Gasteiger partial charge in [-0.1, -0.05) is 24.3 Å². The second-order valence-corrected chi connectivity index (χ2v) is 17.6. The number of aliphatic carboxylic acids is 2. The molecule has 1 aliphatic rings. The predicted octanol–water partition coefficient (Wildman–Crippen LogP) is 7.96. The first-order chi connectivity index (χ1) is 33.7. The molecule has 2 unspecified atom stereocenters. The van der Waals surface area contributed by atoms with E-state index in [0.717, 1.165) is 48.5 Å². The molecule has 0 aliphatic carbocycles. The number of hydrogen-bond donors (Lipinski definition) is 4. The summed E-state index contributed by atoms with van der Waals surface area (Å²) < 4.78 is 78.5. The summed E-state index contributed by atoms with van der Waals surface area (Å²) in [5, 5.41) is 27.0. The molecule has 2 amide bonds. The number of hydrogen-bond acceptors (Lipinski definition) is 12. The Hall–Kier alpha value is -8.01. The summed E-state index contributed by atoms with van der Waals surface area (Å²) in [6, 6.07) is 19.1. The number of aliphatic imine (C=N–C) groups is 1. The summed E-state index contributed by atoms with van der Waals surface area (Å²) in [6.45, 7) is 0. The number of carboxylic acid groups (broad SMARTS) is 2. The Morgan fingerprint density at radius 1 is 0.611 bits per heavy atom. The highest BCUT2D eigenvalue weighted by molar-refractivity contribution is 6.05. The van der Waals surface area contributed by atoms with E-state index in [1.807, 2.05) is 0 Å². The number of rotatable bonds is 17. The highest BCUT2D eigenvalue weighted by atomic mass is 19.4. The van der Waals surface area contributed by atoms with E-state index in [9.17, 15) is 55.7 Å². The van der Waals surface area contributed by atoms with Crippen LogP contribution in [0.3, 0.4) is 0 Å². The van der Waals surface area contributed by atoms with Crippen LogP contribution in [-0.4, -0.2) is 127 Å². The van der Waals surface area contributed by atoms with Crippen LogP contribution >= 0.6 is 0 Å². The SMILES string of the molecule is CN(C)C1=C(CC(=O)O)C(N(C)C)N(C(C(=O)O)c2c(N(C)C)nc(Cc3ccc(NC(=O)c4ccc(C(F)(F)F)cc4)c[13cH]3)nc2N(C)C)C(Cc2ccc(NC(=O)c3ccc(C(F)(F)F)cc3)c[13cH]2)=N1. The lowest BCUT2D eigenvalue weighted by molar-refractivity contribution is -0.143. The number of halogens is 6. The Bertz CT molecular complexity index is 2840. The fraction of sp³-hybridized carbons (Fsp3) is 0.300. The number of likely N-dealkylation sites (N-methyl/N-ethyl adjacent to an activating group) is 1. The predicted molar refractivity (Wildman–Crippen MR) is 259 cm³/mol. The third-order valence-corrected chi connectivity index (χ3v) is 11.3. The fourth-order valence-corrected chi connectivity index (χ4v) is 8.06. The molecule has 0 bridgehead atoms. The number of alkyl halides is 6. The van der Waals surface area contributed by atoms with Crippen molar-refractivity contribution in [1.82, 2.24) is 24.7 Å². The highest BCUT2D eigenvalue weighted by Crippen LogP contribution is 2.41. The van der Waals surface area contributed by atoms with Crippen molar-refractivity contribution in [2.45, 2.75) is 43.8 Å². The van der Waals surface area contributed by atoms with Crippen molar-refractivity contribution < 1.29 is 55.7 Å². The van der Waals surface area contributed by atoms with Gasteiger partial charge in [-0.05, 0) is 98.0 Å². The average molecular weight is 1010 g/mol. The molecule has 2 heterocycles. The van der Waals surface area contributed by atoms with E-state index in [4.69, 9.17) is 15.0 Å². The molecule has 5 aromatic rings. The fourth-order valence-electron chi connectivity index (χ4n) is 8.06. The molecule has 72 heavy (non-hydrogen) atoms. The van der Waals surface area contributed by atoms with E-state index in [-0.39, 0.29) is 47.0 Å². The molecule has 0 saturated heterocycles. The van der Waals surface area contributed by atoms with Crippen molar-refractivity contribution in [1.29, 1.82) is 0 Å². The van der Waals surface area contributed by atoms with Crippen LogP contribution < -0.4 is 20.4 Å². The molecule has 4 N–H and O–H groups in total. The van der Waals surface area contributed by atoms with Crippen molar-refractivity contribution in [2.75, 3.05) is 76.8 Å². The number of nitrogens with one attached hydrogen (secondary N) is 2. The van der Waals surface area contributed by atoms with Gasteiger partial charge >= 0.3 is 24.3 Å². The number of amides is 2. The first kappa shape index (κ1) is 53.3. The zero-order chi connectivity index (χ0) is 53.0. The molecule has 4 aromatic carbocycles. The van der Waals surface area contributed by atoms with Crippen LogP contribution in [0.4, 0.5) is 49.4 Å². The second kappa shape index (κ2) is 21.5. The topological polar surface area (TPSA) is 187 Å². The van der Waals surface area contributed by atoms with Crippen LogP contribution in [0.5, 0.6) is 0 Å². The van der Waals surface area contributed by atoms with Gasteiger partial charge < -0.3 is 40.4 Å². The second-order valence-electron chi connectivity index (χ2n) is 17.6. The number of carbonyl (C=O) groups is 4. The minimum atomic E-state index is -4.57. The minimum Gasteiger partial charge on any atom is -0.481 e. The smallest absolute Gasteiger partial charge is 0.416 e. The van der Waals surface area contributed by atoms with Crippen molar-refractivity contribution >= 4 is 52.6 Å². The van der Waals surface area contributed by atoms with Crippen LogP contribution in [0.15, 0.2) is 113 Å². The van der Waals surface area contributed by atoms with Crippen LogP contribution in [0.25, 0.3) is 0 Å². The summed E-state index contributed by atoms with van der Waals surface area (Å²) in [4.78, 5) is 75.4. The highest BCUT2D eigenvalue weighted by Gasteiger charge is 2.45. The van der Waals surface area contributed by atoms with E-state index in [2.05, 4.69) is 10.6 Å². The molecule has 1 aromatic heterocycles. The zero-order valence-corrected chi connectivity index (χ0v) is 40.4. The van der Waals surface area contributed by atoms with Crippen molar-refractivity contribution in [3.8, 4) is 0 Å². The van der Waals surface area contributed by atoms with E-state index >= 15 is 0 Å². The summed E-state index contributed by atoms with van der Waals surface area (Å²) in [6.07, 6.45) is -10.5. The van der Waals surface area contributed by atoms with E-state index in [0.29, 0.717) is 39.7 Å². The lowest BCUT2D eigenvalue weighted by Gasteiger charge is -2.46. The Balaban J connectivity index is 1.36. The molecule has 0 fully saturated rings. The van der Waals surface area contributed by atoms with Gasteiger partial charge in [0.05, 0.1) is 23.1 Å². The Kier molecular flexibility index (Phi) is 16.0. The molecule has 0 radical (unpaired) electrons. The van der Waals surface area contributed by atoms with Gasteiger partial charge in [0.25, 0.3) is 11.8 Å². The summed E-state index contributed by atoms with van der Waals surface area (Å²) in [7, 11) is 13.5. The Morgan fingerprint density at radius 3 is 1.38 bits per heavy atom. The quantitative estimate of drug-likeness (QED) is 0.0658. The van der Waals surface area contributed by atoms with Crippen molar-refractivity contribution in [3.05, 3.63) is 153 Å². The minimum absolute atomic E-state index is 0.000152. The average Bonchev–Trinajstić information content (AvgIpc) is 3.30. The maximum absolute atomic E-state index is 14.1. The number of nitrogens with zero attached hydrogens (tertiary/aromatic N) is 8. The van der Waals surface area contributed by atoms with Gasteiger partial charge in [0, 0.05) is 83.2 Å². The number of benzene rings is 4. The van der Waals surface area contributed by atoms with Crippen molar-refractivity contribution in [2.24, 2.45) is 4.99 Å². The molecule has 16 nitrogen and oxygen atoms in total. The van der Waals surface area contributed by atoms with Gasteiger partial charge in [-0.3, -0.25) is 19.3 Å². The Labute approximate surface area is 410 Å². The molecular formula is C50H52F6N10O6. The largest absolute Gasteiger partial charge is 0.481 e. The number of aromatic nitrogens is 2. The first-order valence-electron chi connectivity index (χ1n) is 22.0. The van der Waals surface area contributed by atoms with Crippen LogP contribution in [-0.2, 0) is 34.8 Å². The monoisotopic (exact) mass is 1000 g/mol. The molecule has 22 heteroatoms. The maximum Gasteiger partial charge on any atom is 0.416 e. The third kappa shape index (κ3) is 12.5. The number of anilines is 4. The molecule has 6 rings (SSSR count). The maximum atomic E-state index is 14.1. The normalized spacial score (nSPS) is 14.4. The molecule has 380 valence electrons. The van der Waals surface area contributed by atoms with Crippen molar-refractivity contribution in [3.63, 3.8) is 0 Å². The summed E-state index contributed by atoms with van der Waals surface area (Å²) in [5.41, 5.74) is 0.688. The zero-order valence-electron chi connectivity index (χ0n) is 40.4. The summed E-state index contributed by atoms with van der Waals surface area (Å²) in [5.74, 6) is -2.51. The standard InChI is InChI=1S/C50H52F6N10O6/c1-62(2)42-36(27-39(67)68)47(65(7)8)66(38(61-42)26-29-11-23-35(24-12-29)58-46(70)31-15-19-33(20-16-31)50(54,55)56)41(48(71)72)40-43(63(3)4)59-37(60-44(40)64(5)6)25-28-9-21-34(22-10-28)57-45(69)30-13-17-32(18-14-30)49(51,52)53/h9-24,41,47H,25-27H2,1-8H3,(H,57,69)(H,58,70)(H,67,68)(H,71,72)/i9+1,11+1. The van der Waals surface area contributed by atoms with Gasteiger partial charge in [0.1, 0.15) is 35.3 Å². The third-order valence-electron chi connectivity index (χ3n) is 11.3. The molecule has 1 aliphatic heterocycles. The lowest BCUT2D eigenvalue weighted by atomic mass is 9.97. The van der Waals surface area contributed by atoms with Crippen LogP contribution in [0, 0.1) is 0 Å². The van der Waals surface area contributed by atoms with Gasteiger partial charge in [-0.2, -0.15) is 26.3 Å². The van der Waals surface area contributed by atoms with E-state index < -0.39 is 65.9 Å². The molecule has 0 spiro atoms.